The second kappa shape index (κ2) is 9.47. The number of rotatable bonds is 6. The maximum Gasteiger partial charge on any atom is 0.337 e. The van der Waals surface area contributed by atoms with Gasteiger partial charge in [-0.1, -0.05) is 78.4 Å². The molecule has 0 bridgehead atoms. The van der Waals surface area contributed by atoms with Gasteiger partial charge >= 0.3 is 5.97 Å². The third kappa shape index (κ3) is 4.32. The Bertz CT molecular complexity index is 1680. The highest BCUT2D eigenvalue weighted by Gasteiger charge is 2.28. The summed E-state index contributed by atoms with van der Waals surface area (Å²) >= 11 is 0. The molecule has 0 aliphatic rings. The molecular formula is C30H25NO4S. The molecular weight excluding hydrogens is 470 g/mol. The summed E-state index contributed by atoms with van der Waals surface area (Å²) in [4.78, 5) is 12.6. The third-order valence-corrected chi connectivity index (χ3v) is 8.08. The van der Waals surface area contributed by atoms with Gasteiger partial charge in [-0.3, -0.25) is 4.31 Å². The number of esters is 1. The monoisotopic (exact) mass is 495 g/mol. The van der Waals surface area contributed by atoms with Crippen LogP contribution < -0.4 is 4.31 Å². The van der Waals surface area contributed by atoms with Gasteiger partial charge in [-0.15, -0.1) is 0 Å². The molecule has 0 heterocycles. The summed E-state index contributed by atoms with van der Waals surface area (Å²) in [5, 5.41) is 3.39. The van der Waals surface area contributed by atoms with Crippen LogP contribution in [0.15, 0.2) is 108 Å². The number of nitrogens with zero attached hydrogens (tertiary/aromatic N) is 1. The van der Waals surface area contributed by atoms with Gasteiger partial charge in [-0.25, -0.2) is 13.2 Å². The zero-order chi connectivity index (χ0) is 25.3. The minimum absolute atomic E-state index is 0.132. The van der Waals surface area contributed by atoms with Gasteiger partial charge in [0.05, 0.1) is 29.8 Å². The molecule has 0 aromatic heterocycles. The lowest BCUT2D eigenvalue weighted by Crippen LogP contribution is -2.31. The first kappa shape index (κ1) is 23.6. The summed E-state index contributed by atoms with van der Waals surface area (Å²) in [6, 6.07) is 31.3. The van der Waals surface area contributed by atoms with Crippen LogP contribution in [0, 0.1) is 6.92 Å². The predicted octanol–water partition coefficient (Wildman–Crippen LogP) is 6.48. The van der Waals surface area contributed by atoms with Crippen molar-refractivity contribution in [2.45, 2.75) is 18.4 Å². The lowest BCUT2D eigenvalue weighted by atomic mass is 9.98. The average molecular weight is 496 g/mol. The molecule has 0 unspecified atom stereocenters. The summed E-state index contributed by atoms with van der Waals surface area (Å²) in [6.45, 7) is 2.05. The first-order valence-corrected chi connectivity index (χ1v) is 13.0. The van der Waals surface area contributed by atoms with Crippen LogP contribution in [0.1, 0.15) is 21.5 Å². The molecule has 0 aliphatic carbocycles. The molecule has 0 N–H and O–H groups in total. The minimum atomic E-state index is -3.95. The Balaban J connectivity index is 1.82. The van der Waals surface area contributed by atoms with Crippen LogP contribution in [0.5, 0.6) is 0 Å². The van der Waals surface area contributed by atoms with Crippen molar-refractivity contribution in [2.75, 3.05) is 11.4 Å². The molecule has 0 aliphatic heterocycles. The zero-order valence-electron chi connectivity index (χ0n) is 20.0. The fourth-order valence-electron chi connectivity index (χ4n) is 4.42. The van der Waals surface area contributed by atoms with Crippen molar-refractivity contribution in [1.82, 2.24) is 0 Å². The van der Waals surface area contributed by atoms with E-state index in [4.69, 9.17) is 4.74 Å². The fraction of sp³-hybridized carbons (Fsp3) is 0.100. The summed E-state index contributed by atoms with van der Waals surface area (Å²) in [7, 11) is -2.62. The van der Waals surface area contributed by atoms with Crippen molar-refractivity contribution >= 4 is 43.2 Å². The molecule has 5 rings (SSSR count). The van der Waals surface area contributed by atoms with Crippen molar-refractivity contribution in [1.29, 1.82) is 0 Å². The van der Waals surface area contributed by atoms with E-state index in [1.54, 1.807) is 36.4 Å². The number of ether oxygens (including phenoxy) is 1. The quantitative estimate of drug-likeness (QED) is 0.200. The molecule has 0 amide bonds. The van der Waals surface area contributed by atoms with E-state index in [-0.39, 0.29) is 11.4 Å². The van der Waals surface area contributed by atoms with Crippen molar-refractivity contribution in [2.24, 2.45) is 0 Å². The Hall–Kier alpha value is -4.16. The van der Waals surface area contributed by atoms with Gasteiger partial charge in [0.15, 0.2) is 0 Å². The number of aryl methyl sites for hydroxylation is 1. The van der Waals surface area contributed by atoms with E-state index in [2.05, 4.69) is 0 Å². The molecule has 6 heteroatoms. The maximum absolute atomic E-state index is 14.1. The van der Waals surface area contributed by atoms with E-state index >= 15 is 0 Å². The lowest BCUT2D eigenvalue weighted by Gasteiger charge is -2.27. The van der Waals surface area contributed by atoms with E-state index in [1.807, 2.05) is 73.7 Å². The van der Waals surface area contributed by atoms with Gasteiger partial charge in [0.25, 0.3) is 10.0 Å². The summed E-state index contributed by atoms with van der Waals surface area (Å²) in [6.07, 6.45) is 0. The lowest BCUT2D eigenvalue weighted by molar-refractivity contribution is 0.0601. The number of anilines is 1. The smallest absolute Gasteiger partial charge is 0.337 e. The molecule has 5 aromatic carbocycles. The number of carbonyl (C=O) groups excluding carboxylic acids is 1. The number of hydrogen-bond acceptors (Lipinski definition) is 4. The molecule has 0 radical (unpaired) electrons. The van der Waals surface area contributed by atoms with E-state index < -0.39 is 16.0 Å². The van der Waals surface area contributed by atoms with E-state index in [1.165, 1.54) is 11.4 Å². The minimum Gasteiger partial charge on any atom is -0.465 e. The van der Waals surface area contributed by atoms with Gasteiger partial charge in [-0.2, -0.15) is 0 Å². The highest BCUT2D eigenvalue weighted by Crippen LogP contribution is 2.38. The van der Waals surface area contributed by atoms with Crippen molar-refractivity contribution in [3.05, 3.63) is 120 Å². The van der Waals surface area contributed by atoms with E-state index in [9.17, 15) is 13.2 Å². The van der Waals surface area contributed by atoms with E-state index in [0.29, 0.717) is 16.6 Å². The van der Waals surface area contributed by atoms with Gasteiger partial charge in [0, 0.05) is 5.39 Å². The van der Waals surface area contributed by atoms with Gasteiger partial charge in [0.1, 0.15) is 0 Å². The highest BCUT2D eigenvalue weighted by molar-refractivity contribution is 7.92. The van der Waals surface area contributed by atoms with Crippen LogP contribution in [0.3, 0.4) is 0 Å². The first-order valence-electron chi connectivity index (χ1n) is 11.6. The molecule has 0 spiro atoms. The zero-order valence-corrected chi connectivity index (χ0v) is 20.8. The standard InChI is InChI=1S/C30H25NO4S/c1-21-12-15-25(16-13-21)36(33,34)31(20-22-8-4-3-5-9-22)29-19-23-10-6-7-11-26(23)27-17-14-24(18-28(27)29)30(32)35-2/h3-19H,20H2,1-2H3. The largest absolute Gasteiger partial charge is 0.465 e. The highest BCUT2D eigenvalue weighted by atomic mass is 32.2. The summed E-state index contributed by atoms with van der Waals surface area (Å²) < 4.78 is 34.7. The van der Waals surface area contributed by atoms with Crippen LogP contribution in [0.4, 0.5) is 5.69 Å². The predicted molar refractivity (Wildman–Crippen MR) is 144 cm³/mol. The number of hydrogen-bond donors (Lipinski definition) is 0. The Labute approximate surface area is 210 Å². The number of benzene rings is 5. The number of sulfonamides is 1. The summed E-state index contributed by atoms with van der Waals surface area (Å²) in [5.74, 6) is -0.480. The number of methoxy groups -OCH3 is 1. The molecule has 0 saturated heterocycles. The first-order chi connectivity index (χ1) is 17.4. The Morgan fingerprint density at radius 3 is 2.19 bits per heavy atom. The van der Waals surface area contributed by atoms with Crippen molar-refractivity contribution in [3.63, 3.8) is 0 Å². The Kier molecular flexibility index (Phi) is 6.20. The molecule has 36 heavy (non-hydrogen) atoms. The van der Waals surface area contributed by atoms with Crippen LogP contribution in [-0.4, -0.2) is 21.5 Å². The van der Waals surface area contributed by atoms with Crippen molar-refractivity contribution < 1.29 is 17.9 Å². The van der Waals surface area contributed by atoms with Gasteiger partial charge in [0.2, 0.25) is 0 Å². The Morgan fingerprint density at radius 2 is 1.47 bits per heavy atom. The van der Waals surface area contributed by atoms with E-state index in [0.717, 1.165) is 27.3 Å². The van der Waals surface area contributed by atoms with Gasteiger partial charge < -0.3 is 4.74 Å². The second-order valence-corrected chi connectivity index (χ2v) is 10.5. The van der Waals surface area contributed by atoms with Crippen LogP contribution in [0.2, 0.25) is 0 Å². The molecule has 0 fully saturated rings. The van der Waals surface area contributed by atoms with Gasteiger partial charge in [-0.05, 0) is 59.0 Å². The maximum atomic E-state index is 14.1. The second-order valence-electron chi connectivity index (χ2n) is 8.68. The van der Waals surface area contributed by atoms with Crippen LogP contribution in [0.25, 0.3) is 21.5 Å². The fourth-order valence-corrected chi connectivity index (χ4v) is 5.89. The summed E-state index contributed by atoms with van der Waals surface area (Å²) in [5.41, 5.74) is 2.67. The molecule has 180 valence electrons. The van der Waals surface area contributed by atoms with Crippen LogP contribution >= 0.6 is 0 Å². The molecule has 5 nitrogen and oxygen atoms in total. The normalized spacial score (nSPS) is 11.5. The molecule has 0 atom stereocenters. The SMILES string of the molecule is COC(=O)c1ccc2c(c1)c(N(Cc1ccccc1)S(=O)(=O)c1ccc(C)cc1)cc1ccccc12. The topological polar surface area (TPSA) is 63.7 Å². The van der Waals surface area contributed by atoms with Crippen LogP contribution in [-0.2, 0) is 21.3 Å². The average Bonchev–Trinajstić information content (AvgIpc) is 2.91. The number of carbonyl (C=O) groups is 1. The third-order valence-electron chi connectivity index (χ3n) is 6.31. The number of fused-ring (bicyclic) bond motifs is 3. The molecule has 0 saturated carbocycles. The Morgan fingerprint density at radius 1 is 0.778 bits per heavy atom. The molecule has 5 aromatic rings. The van der Waals surface area contributed by atoms with Crippen molar-refractivity contribution in [3.8, 4) is 0 Å².